The highest BCUT2D eigenvalue weighted by atomic mass is 79.9. The first-order chi connectivity index (χ1) is 7.15. The molecule has 0 saturated carbocycles. The van der Waals surface area contributed by atoms with Crippen molar-refractivity contribution in [1.82, 2.24) is 8.58 Å². The summed E-state index contributed by atoms with van der Waals surface area (Å²) >= 11 is 8.93. The summed E-state index contributed by atoms with van der Waals surface area (Å²) in [5, 5.41) is 9.33. The standard InChI is InChI=1S/C8H5BrClN3O2/c9-13-3-11-7-4(8(13)14)1-2-5(12-15)6(7)10/h1-3,12,15H. The largest absolute Gasteiger partial charge is 0.291 e. The van der Waals surface area contributed by atoms with Crippen LogP contribution in [-0.2, 0) is 0 Å². The minimum Gasteiger partial charge on any atom is -0.291 e. The highest BCUT2D eigenvalue weighted by Crippen LogP contribution is 2.27. The maximum absolute atomic E-state index is 11.6. The molecule has 0 saturated heterocycles. The number of nitrogens with one attached hydrogen (secondary N) is 1. The topological polar surface area (TPSA) is 67.2 Å². The van der Waals surface area contributed by atoms with Gasteiger partial charge in [0.1, 0.15) is 6.33 Å². The van der Waals surface area contributed by atoms with Crippen LogP contribution in [0.15, 0.2) is 23.3 Å². The van der Waals surface area contributed by atoms with Crippen LogP contribution < -0.4 is 11.0 Å². The maximum atomic E-state index is 11.6. The minimum absolute atomic E-state index is 0.209. The third kappa shape index (κ3) is 1.60. The molecule has 0 unspecified atom stereocenters. The first-order valence-corrected chi connectivity index (χ1v) is 5.00. The quantitative estimate of drug-likeness (QED) is 0.788. The predicted molar refractivity (Wildman–Crippen MR) is 60.7 cm³/mol. The Balaban J connectivity index is 2.91. The van der Waals surface area contributed by atoms with Gasteiger partial charge in [0.25, 0.3) is 5.56 Å². The Hall–Kier alpha value is -1.11. The molecule has 0 aliphatic heterocycles. The highest BCUT2D eigenvalue weighted by Gasteiger charge is 2.09. The van der Waals surface area contributed by atoms with Crippen LogP contribution in [0.5, 0.6) is 0 Å². The molecule has 2 aromatic rings. The predicted octanol–water partition coefficient (Wildman–Crippen LogP) is 2.01. The van der Waals surface area contributed by atoms with Crippen molar-refractivity contribution in [2.75, 3.05) is 5.48 Å². The van der Waals surface area contributed by atoms with Crippen molar-refractivity contribution in [3.8, 4) is 0 Å². The molecule has 0 aliphatic carbocycles. The highest BCUT2D eigenvalue weighted by molar-refractivity contribution is 9.08. The number of fused-ring (bicyclic) bond motifs is 1. The van der Waals surface area contributed by atoms with E-state index < -0.39 is 0 Å². The zero-order valence-electron chi connectivity index (χ0n) is 7.24. The number of rotatable bonds is 1. The number of hydrogen-bond acceptors (Lipinski definition) is 4. The lowest BCUT2D eigenvalue weighted by molar-refractivity contribution is 0.389. The van der Waals surface area contributed by atoms with Crippen LogP contribution in [0.3, 0.4) is 0 Å². The van der Waals surface area contributed by atoms with Crippen molar-refractivity contribution < 1.29 is 5.21 Å². The molecule has 1 heterocycles. The van der Waals surface area contributed by atoms with Gasteiger partial charge in [-0.05, 0) is 12.1 Å². The van der Waals surface area contributed by atoms with Crippen molar-refractivity contribution in [3.05, 3.63) is 33.8 Å². The van der Waals surface area contributed by atoms with Gasteiger partial charge in [-0.3, -0.25) is 15.5 Å². The zero-order chi connectivity index (χ0) is 11.0. The summed E-state index contributed by atoms with van der Waals surface area (Å²) in [6.45, 7) is 0. The smallest absolute Gasteiger partial charge is 0.271 e. The lowest BCUT2D eigenvalue weighted by Gasteiger charge is -2.05. The van der Waals surface area contributed by atoms with Crippen LogP contribution in [0.25, 0.3) is 10.9 Å². The second kappa shape index (κ2) is 3.80. The molecule has 2 rings (SSSR count). The number of aromatic nitrogens is 2. The van der Waals surface area contributed by atoms with E-state index in [0.29, 0.717) is 16.6 Å². The van der Waals surface area contributed by atoms with Crippen LogP contribution in [0, 0.1) is 0 Å². The molecule has 15 heavy (non-hydrogen) atoms. The summed E-state index contributed by atoms with van der Waals surface area (Å²) in [6, 6.07) is 3.04. The molecule has 0 radical (unpaired) electrons. The van der Waals surface area contributed by atoms with Gasteiger partial charge in [0.15, 0.2) is 0 Å². The van der Waals surface area contributed by atoms with Gasteiger partial charge in [0, 0.05) is 0 Å². The first-order valence-electron chi connectivity index (χ1n) is 3.91. The molecule has 7 heteroatoms. The molecular weight excluding hydrogens is 285 g/mol. The van der Waals surface area contributed by atoms with E-state index in [2.05, 4.69) is 21.1 Å². The number of halogens is 2. The Kier molecular flexibility index (Phi) is 2.64. The van der Waals surface area contributed by atoms with Crippen LogP contribution in [0.4, 0.5) is 5.69 Å². The second-order valence-corrected chi connectivity index (χ2v) is 3.94. The average molecular weight is 291 g/mol. The van der Waals surface area contributed by atoms with Crippen molar-refractivity contribution >= 4 is 44.3 Å². The molecule has 0 aliphatic rings. The Morgan fingerprint density at radius 3 is 2.93 bits per heavy atom. The van der Waals surface area contributed by atoms with Gasteiger partial charge in [-0.1, -0.05) is 11.6 Å². The van der Waals surface area contributed by atoms with E-state index >= 15 is 0 Å². The summed E-state index contributed by atoms with van der Waals surface area (Å²) in [5.41, 5.74) is 2.32. The lowest BCUT2D eigenvalue weighted by Crippen LogP contribution is -2.13. The Morgan fingerprint density at radius 2 is 2.27 bits per heavy atom. The molecule has 0 fully saturated rings. The van der Waals surface area contributed by atoms with Crippen molar-refractivity contribution in [2.45, 2.75) is 0 Å². The van der Waals surface area contributed by atoms with Crippen LogP contribution in [0.1, 0.15) is 0 Å². The van der Waals surface area contributed by atoms with Crippen LogP contribution in [0.2, 0.25) is 5.02 Å². The minimum atomic E-state index is -0.258. The van der Waals surface area contributed by atoms with Gasteiger partial charge >= 0.3 is 0 Å². The molecule has 0 spiro atoms. The average Bonchev–Trinajstić information content (AvgIpc) is 2.24. The Labute approximate surface area is 97.6 Å². The summed E-state index contributed by atoms with van der Waals surface area (Å²) in [4.78, 5) is 15.6. The fraction of sp³-hybridized carbons (Fsp3) is 0. The molecule has 78 valence electrons. The molecular formula is C8H5BrClN3O2. The third-order valence-corrected chi connectivity index (χ3v) is 2.84. The van der Waals surface area contributed by atoms with E-state index in [0.717, 1.165) is 0 Å². The van der Waals surface area contributed by atoms with Gasteiger partial charge in [-0.15, -0.1) is 0 Å². The monoisotopic (exact) mass is 289 g/mol. The summed E-state index contributed by atoms with van der Waals surface area (Å²) in [7, 11) is 0. The van der Waals surface area contributed by atoms with Gasteiger partial charge in [0.05, 0.1) is 37.8 Å². The fourth-order valence-corrected chi connectivity index (χ4v) is 1.76. The van der Waals surface area contributed by atoms with E-state index in [1.54, 1.807) is 0 Å². The van der Waals surface area contributed by atoms with Gasteiger partial charge in [-0.2, -0.15) is 0 Å². The summed E-state index contributed by atoms with van der Waals surface area (Å²) in [6.07, 6.45) is 1.30. The van der Waals surface area contributed by atoms with E-state index in [1.807, 2.05) is 5.48 Å². The van der Waals surface area contributed by atoms with E-state index in [1.165, 1.54) is 22.1 Å². The summed E-state index contributed by atoms with van der Waals surface area (Å²) in [5.74, 6) is 0. The fourth-order valence-electron chi connectivity index (χ4n) is 1.23. The molecule has 1 aromatic carbocycles. The van der Waals surface area contributed by atoms with E-state index in [4.69, 9.17) is 16.8 Å². The third-order valence-electron chi connectivity index (χ3n) is 1.95. The first kappa shape index (κ1) is 10.4. The summed E-state index contributed by atoms with van der Waals surface area (Å²) < 4.78 is 1.18. The van der Waals surface area contributed by atoms with Crippen LogP contribution >= 0.6 is 27.7 Å². The molecule has 0 amide bonds. The van der Waals surface area contributed by atoms with Crippen molar-refractivity contribution in [1.29, 1.82) is 0 Å². The van der Waals surface area contributed by atoms with Gasteiger partial charge < -0.3 is 0 Å². The van der Waals surface area contributed by atoms with Gasteiger partial charge in [-0.25, -0.2) is 8.58 Å². The maximum Gasteiger partial charge on any atom is 0.271 e. The molecule has 1 aromatic heterocycles. The molecule has 2 N–H and O–H groups in total. The zero-order valence-corrected chi connectivity index (χ0v) is 9.58. The van der Waals surface area contributed by atoms with E-state index in [-0.39, 0.29) is 10.6 Å². The van der Waals surface area contributed by atoms with Crippen LogP contribution in [-0.4, -0.2) is 13.8 Å². The van der Waals surface area contributed by atoms with E-state index in [9.17, 15) is 4.79 Å². The van der Waals surface area contributed by atoms with Crippen molar-refractivity contribution in [3.63, 3.8) is 0 Å². The Morgan fingerprint density at radius 1 is 1.53 bits per heavy atom. The lowest BCUT2D eigenvalue weighted by atomic mass is 10.2. The number of hydrogen-bond donors (Lipinski definition) is 2. The number of anilines is 1. The second-order valence-electron chi connectivity index (χ2n) is 2.80. The molecule has 0 bridgehead atoms. The normalized spacial score (nSPS) is 10.6. The molecule has 5 nitrogen and oxygen atoms in total. The molecule has 0 atom stereocenters. The SMILES string of the molecule is O=c1c2ccc(NO)c(Cl)c2ncn1Br. The number of benzene rings is 1. The van der Waals surface area contributed by atoms with Gasteiger partial charge in [0.2, 0.25) is 0 Å². The Bertz CT molecular complexity index is 584. The number of nitrogens with zero attached hydrogens (tertiary/aromatic N) is 2. The van der Waals surface area contributed by atoms with Crippen molar-refractivity contribution in [2.24, 2.45) is 0 Å².